The summed E-state index contributed by atoms with van der Waals surface area (Å²) in [6, 6.07) is 16.4. The normalized spacial score (nSPS) is 10.2. The van der Waals surface area contributed by atoms with E-state index >= 15 is 0 Å². The fourth-order valence-electron chi connectivity index (χ4n) is 2.03. The predicted molar refractivity (Wildman–Crippen MR) is 85.6 cm³/mol. The summed E-state index contributed by atoms with van der Waals surface area (Å²) in [7, 11) is 2.07. The van der Waals surface area contributed by atoms with Crippen molar-refractivity contribution in [3.8, 4) is 0 Å². The number of thiocarbonyl (C=S) groups is 1. The number of anilines is 1. The Kier molecular flexibility index (Phi) is 4.17. The Morgan fingerprint density at radius 3 is 2.58 bits per heavy atom. The molecule has 2 rings (SSSR count). The Bertz CT molecular complexity index is 593. The van der Waals surface area contributed by atoms with Crippen LogP contribution in [0.2, 0.25) is 0 Å². The molecule has 2 nitrogen and oxygen atoms in total. The molecular weight excluding hydrogens is 252 g/mol. The highest BCUT2D eigenvalue weighted by atomic mass is 32.1. The molecule has 2 aromatic carbocycles. The van der Waals surface area contributed by atoms with Gasteiger partial charge in [0.1, 0.15) is 4.99 Å². The fraction of sp³-hybridized carbons (Fsp3) is 0.188. The van der Waals surface area contributed by atoms with E-state index in [1.165, 1.54) is 11.1 Å². The SMILES string of the molecule is Cc1ccccc1CN(C)c1cccc(C(N)=S)c1. The predicted octanol–water partition coefficient (Wildman–Crippen LogP) is 3.27. The van der Waals surface area contributed by atoms with Gasteiger partial charge in [-0.05, 0) is 30.2 Å². The van der Waals surface area contributed by atoms with Crippen molar-refractivity contribution in [2.45, 2.75) is 13.5 Å². The van der Waals surface area contributed by atoms with Crippen molar-refractivity contribution in [2.75, 3.05) is 11.9 Å². The average Bonchev–Trinajstić information content (AvgIpc) is 2.41. The summed E-state index contributed by atoms with van der Waals surface area (Å²) in [5.41, 5.74) is 10.3. The first kappa shape index (κ1) is 13.6. The van der Waals surface area contributed by atoms with Gasteiger partial charge >= 0.3 is 0 Å². The van der Waals surface area contributed by atoms with Crippen LogP contribution < -0.4 is 10.6 Å². The fourth-order valence-corrected chi connectivity index (χ4v) is 2.16. The van der Waals surface area contributed by atoms with Gasteiger partial charge in [-0.1, -0.05) is 48.6 Å². The van der Waals surface area contributed by atoms with Crippen LogP contribution in [0.15, 0.2) is 48.5 Å². The molecule has 2 aromatic rings. The molecule has 0 saturated heterocycles. The second-order valence-corrected chi connectivity index (χ2v) is 5.14. The zero-order valence-electron chi connectivity index (χ0n) is 11.3. The number of hydrogen-bond acceptors (Lipinski definition) is 2. The van der Waals surface area contributed by atoms with Crippen LogP contribution in [-0.4, -0.2) is 12.0 Å². The highest BCUT2D eigenvalue weighted by Crippen LogP contribution is 2.18. The molecule has 0 spiro atoms. The number of rotatable bonds is 4. The molecule has 2 N–H and O–H groups in total. The van der Waals surface area contributed by atoms with E-state index in [1.54, 1.807) is 0 Å². The van der Waals surface area contributed by atoms with Crippen LogP contribution in [0.3, 0.4) is 0 Å². The number of aryl methyl sites for hydroxylation is 1. The van der Waals surface area contributed by atoms with E-state index in [9.17, 15) is 0 Å². The van der Waals surface area contributed by atoms with E-state index < -0.39 is 0 Å². The highest BCUT2D eigenvalue weighted by molar-refractivity contribution is 7.80. The van der Waals surface area contributed by atoms with Crippen molar-refractivity contribution in [2.24, 2.45) is 5.73 Å². The maximum absolute atomic E-state index is 5.67. The molecule has 0 bridgehead atoms. The molecule has 98 valence electrons. The zero-order chi connectivity index (χ0) is 13.8. The maximum atomic E-state index is 5.67. The van der Waals surface area contributed by atoms with Gasteiger partial charge in [0.15, 0.2) is 0 Å². The van der Waals surface area contributed by atoms with Gasteiger partial charge in [-0.3, -0.25) is 0 Å². The van der Waals surface area contributed by atoms with Gasteiger partial charge in [-0.25, -0.2) is 0 Å². The first-order valence-corrected chi connectivity index (χ1v) is 6.64. The van der Waals surface area contributed by atoms with Gasteiger partial charge in [-0.15, -0.1) is 0 Å². The topological polar surface area (TPSA) is 29.3 Å². The number of hydrogen-bond donors (Lipinski definition) is 1. The zero-order valence-corrected chi connectivity index (χ0v) is 12.1. The van der Waals surface area contributed by atoms with Crippen LogP contribution in [-0.2, 0) is 6.54 Å². The molecule has 0 atom stereocenters. The first-order valence-electron chi connectivity index (χ1n) is 6.23. The van der Waals surface area contributed by atoms with E-state index in [2.05, 4.69) is 49.2 Å². The molecule has 0 amide bonds. The van der Waals surface area contributed by atoms with Gasteiger partial charge in [0.2, 0.25) is 0 Å². The monoisotopic (exact) mass is 270 g/mol. The largest absolute Gasteiger partial charge is 0.389 e. The third-order valence-electron chi connectivity index (χ3n) is 3.24. The van der Waals surface area contributed by atoms with Gasteiger partial charge in [-0.2, -0.15) is 0 Å². The Morgan fingerprint density at radius 1 is 1.16 bits per heavy atom. The van der Waals surface area contributed by atoms with Crippen molar-refractivity contribution in [3.05, 3.63) is 65.2 Å². The van der Waals surface area contributed by atoms with E-state index in [4.69, 9.17) is 18.0 Å². The summed E-state index contributed by atoms with van der Waals surface area (Å²) in [6.07, 6.45) is 0. The van der Waals surface area contributed by atoms with Crippen molar-refractivity contribution < 1.29 is 0 Å². The van der Waals surface area contributed by atoms with Crippen molar-refractivity contribution in [3.63, 3.8) is 0 Å². The lowest BCUT2D eigenvalue weighted by Gasteiger charge is -2.21. The lowest BCUT2D eigenvalue weighted by atomic mass is 10.1. The molecule has 0 fully saturated rings. The molecule has 0 aliphatic rings. The molecule has 0 aromatic heterocycles. The van der Waals surface area contributed by atoms with Gasteiger partial charge in [0, 0.05) is 24.8 Å². The molecule has 0 aliphatic carbocycles. The minimum atomic E-state index is 0.436. The molecule has 19 heavy (non-hydrogen) atoms. The lowest BCUT2D eigenvalue weighted by molar-refractivity contribution is 0.914. The maximum Gasteiger partial charge on any atom is 0.104 e. The molecule has 0 unspecified atom stereocenters. The molecule has 0 heterocycles. The lowest BCUT2D eigenvalue weighted by Crippen LogP contribution is -2.18. The number of benzene rings is 2. The van der Waals surface area contributed by atoms with Crippen LogP contribution in [0.25, 0.3) is 0 Å². The molecule has 0 radical (unpaired) electrons. The van der Waals surface area contributed by atoms with Crippen LogP contribution in [0.1, 0.15) is 16.7 Å². The van der Waals surface area contributed by atoms with Crippen molar-refractivity contribution in [1.29, 1.82) is 0 Å². The van der Waals surface area contributed by atoms with Crippen molar-refractivity contribution >= 4 is 22.9 Å². The molecule has 3 heteroatoms. The second kappa shape index (κ2) is 5.85. The summed E-state index contributed by atoms with van der Waals surface area (Å²) >= 11 is 5.02. The summed E-state index contributed by atoms with van der Waals surface area (Å²) in [5, 5.41) is 0. The molecule has 0 saturated carbocycles. The first-order chi connectivity index (χ1) is 9.08. The van der Waals surface area contributed by atoms with Gasteiger partial charge in [0.05, 0.1) is 0 Å². The van der Waals surface area contributed by atoms with E-state index in [-0.39, 0.29) is 0 Å². The quantitative estimate of drug-likeness (QED) is 0.865. The summed E-state index contributed by atoms with van der Waals surface area (Å²) in [6.45, 7) is 3.00. The summed E-state index contributed by atoms with van der Waals surface area (Å²) in [5.74, 6) is 0. The van der Waals surface area contributed by atoms with Crippen LogP contribution in [0.4, 0.5) is 5.69 Å². The van der Waals surface area contributed by atoms with E-state index in [0.29, 0.717) is 4.99 Å². The van der Waals surface area contributed by atoms with Crippen LogP contribution in [0, 0.1) is 6.92 Å². The number of nitrogens with two attached hydrogens (primary N) is 1. The van der Waals surface area contributed by atoms with E-state index in [1.807, 2.05) is 18.2 Å². The standard InChI is InChI=1S/C16H18N2S/c1-12-6-3-4-7-14(12)11-18(2)15-9-5-8-13(10-15)16(17)19/h3-10H,11H2,1-2H3,(H2,17,19). The minimum absolute atomic E-state index is 0.436. The van der Waals surface area contributed by atoms with Crippen LogP contribution in [0.5, 0.6) is 0 Å². The van der Waals surface area contributed by atoms with Crippen molar-refractivity contribution in [1.82, 2.24) is 0 Å². The molecule has 0 aliphatic heterocycles. The summed E-state index contributed by atoms with van der Waals surface area (Å²) < 4.78 is 0. The average molecular weight is 270 g/mol. The Labute approximate surface area is 119 Å². The Hall–Kier alpha value is -1.87. The molecular formula is C16H18N2S. The van der Waals surface area contributed by atoms with Gasteiger partial charge < -0.3 is 10.6 Å². The minimum Gasteiger partial charge on any atom is -0.389 e. The van der Waals surface area contributed by atoms with Gasteiger partial charge in [0.25, 0.3) is 0 Å². The smallest absolute Gasteiger partial charge is 0.104 e. The number of nitrogens with zero attached hydrogens (tertiary/aromatic N) is 1. The highest BCUT2D eigenvalue weighted by Gasteiger charge is 2.05. The Morgan fingerprint density at radius 2 is 1.89 bits per heavy atom. The Balaban J connectivity index is 2.20. The third-order valence-corrected chi connectivity index (χ3v) is 3.48. The van der Waals surface area contributed by atoms with E-state index in [0.717, 1.165) is 17.8 Å². The second-order valence-electron chi connectivity index (χ2n) is 4.70. The van der Waals surface area contributed by atoms with Crippen LogP contribution >= 0.6 is 12.2 Å². The third kappa shape index (κ3) is 3.32. The summed E-state index contributed by atoms with van der Waals surface area (Å²) in [4.78, 5) is 2.63.